The van der Waals surface area contributed by atoms with Gasteiger partial charge in [0.25, 0.3) is 0 Å². The van der Waals surface area contributed by atoms with E-state index in [0.29, 0.717) is 28.5 Å². The average molecular weight is 451 g/mol. The van der Waals surface area contributed by atoms with E-state index >= 15 is 0 Å². The lowest BCUT2D eigenvalue weighted by atomic mass is 10.1. The largest absolute Gasteiger partial charge is 0.364 e. The zero-order valence-electron chi connectivity index (χ0n) is 16.5. The summed E-state index contributed by atoms with van der Waals surface area (Å²) in [6.45, 7) is 6.15. The van der Waals surface area contributed by atoms with Crippen molar-refractivity contribution in [2.75, 3.05) is 5.32 Å². The number of nitrogens with one attached hydrogen (secondary N) is 1. The van der Waals surface area contributed by atoms with Crippen LogP contribution in [0.1, 0.15) is 32.6 Å². The number of nitrogens with zero attached hydrogens (tertiary/aromatic N) is 5. The molecule has 0 saturated carbocycles. The summed E-state index contributed by atoms with van der Waals surface area (Å²) in [5, 5.41) is 12.5. The second kappa shape index (κ2) is 7.28. The molecule has 4 atom stereocenters. The molecule has 4 heterocycles. The van der Waals surface area contributed by atoms with E-state index in [9.17, 15) is 0 Å². The Labute approximate surface area is 182 Å². The molecule has 2 saturated heterocycles. The summed E-state index contributed by atoms with van der Waals surface area (Å²) in [5.41, 5.74) is 1.84. The van der Waals surface area contributed by atoms with Gasteiger partial charge in [-0.3, -0.25) is 0 Å². The van der Waals surface area contributed by atoms with Gasteiger partial charge in [0, 0.05) is 11.6 Å². The minimum Gasteiger partial charge on any atom is -0.364 e. The first-order valence-corrected chi connectivity index (χ1v) is 10.3. The van der Waals surface area contributed by atoms with Crippen LogP contribution in [-0.2, 0) is 20.8 Å². The minimum atomic E-state index is -0.698. The second-order valence-corrected chi connectivity index (χ2v) is 8.53. The third-order valence-corrected chi connectivity index (χ3v) is 5.74. The van der Waals surface area contributed by atoms with E-state index in [1.807, 2.05) is 45.0 Å². The molecular weight excluding hydrogens is 431 g/mol. The second-order valence-electron chi connectivity index (χ2n) is 7.79. The summed E-state index contributed by atoms with van der Waals surface area (Å²) < 4.78 is 19.7. The lowest BCUT2D eigenvalue weighted by molar-refractivity contribution is -0.195. The molecule has 158 valence electrons. The Kier molecular flexibility index (Phi) is 4.83. The van der Waals surface area contributed by atoms with E-state index in [4.69, 9.17) is 37.4 Å². The van der Waals surface area contributed by atoms with Gasteiger partial charge in [-0.25, -0.2) is 0 Å². The third-order valence-electron chi connectivity index (χ3n) is 5.20. The molecule has 0 bridgehead atoms. The summed E-state index contributed by atoms with van der Waals surface area (Å²) in [5.74, 6) is -0.237. The van der Waals surface area contributed by atoms with Gasteiger partial charge >= 0.3 is 0 Å². The van der Waals surface area contributed by atoms with Crippen molar-refractivity contribution in [3.05, 3.63) is 40.1 Å². The number of benzene rings is 1. The lowest BCUT2D eigenvalue weighted by Crippen LogP contribution is -2.28. The average Bonchev–Trinajstić information content (AvgIpc) is 3.33. The van der Waals surface area contributed by atoms with E-state index in [2.05, 4.69) is 25.6 Å². The van der Waals surface area contributed by atoms with Crippen LogP contribution < -0.4 is 5.32 Å². The van der Waals surface area contributed by atoms with Crippen molar-refractivity contribution in [3.63, 3.8) is 0 Å². The van der Waals surface area contributed by atoms with Crippen LogP contribution >= 0.6 is 23.2 Å². The first-order chi connectivity index (χ1) is 14.3. The zero-order valence-corrected chi connectivity index (χ0v) is 18.1. The topological polar surface area (TPSA) is 96.2 Å². The smallest absolute Gasteiger partial charge is 0.226 e. The van der Waals surface area contributed by atoms with Crippen molar-refractivity contribution >= 4 is 40.2 Å². The molecule has 2 aliphatic heterocycles. The summed E-state index contributed by atoms with van der Waals surface area (Å²) in [4.78, 5) is 8.62. The number of hydrogen-bond donors (Lipinski definition) is 1. The van der Waals surface area contributed by atoms with Gasteiger partial charge in [0.05, 0.1) is 6.10 Å². The molecule has 2 aliphatic rings. The maximum absolute atomic E-state index is 6.25. The van der Waals surface area contributed by atoms with Gasteiger partial charge in [0.15, 0.2) is 29.0 Å². The maximum Gasteiger partial charge on any atom is 0.226 e. The minimum absolute atomic E-state index is 0.0687. The zero-order chi connectivity index (χ0) is 21.0. The van der Waals surface area contributed by atoms with Gasteiger partial charge < -0.3 is 19.5 Å². The Morgan fingerprint density at radius 1 is 1.13 bits per heavy atom. The molecule has 3 aromatic rings. The molecule has 0 aliphatic carbocycles. The van der Waals surface area contributed by atoms with Crippen molar-refractivity contribution in [2.45, 2.75) is 57.6 Å². The van der Waals surface area contributed by atoms with Gasteiger partial charge in [0.1, 0.15) is 12.2 Å². The molecular formula is C19H20Cl2N6O3. The monoisotopic (exact) mass is 450 g/mol. The summed E-state index contributed by atoms with van der Waals surface area (Å²) in [6, 6.07) is 7.56. The lowest BCUT2D eigenvalue weighted by Gasteiger charge is -2.23. The molecule has 0 unspecified atom stereocenters. The van der Waals surface area contributed by atoms with Crippen molar-refractivity contribution in [3.8, 4) is 0 Å². The highest BCUT2D eigenvalue weighted by atomic mass is 35.5. The highest BCUT2D eigenvalue weighted by Gasteiger charge is 2.55. The van der Waals surface area contributed by atoms with Gasteiger partial charge in [-0.2, -0.15) is 14.6 Å². The van der Waals surface area contributed by atoms with Crippen LogP contribution in [0.2, 0.25) is 10.3 Å². The van der Waals surface area contributed by atoms with E-state index in [-0.39, 0.29) is 23.6 Å². The van der Waals surface area contributed by atoms with Crippen molar-refractivity contribution < 1.29 is 14.2 Å². The van der Waals surface area contributed by atoms with Crippen molar-refractivity contribution in [1.29, 1.82) is 0 Å². The molecule has 0 radical (unpaired) electrons. The molecule has 0 spiro atoms. The van der Waals surface area contributed by atoms with Crippen LogP contribution in [0.3, 0.4) is 0 Å². The Morgan fingerprint density at radius 3 is 2.70 bits per heavy atom. The van der Waals surface area contributed by atoms with Crippen LogP contribution in [0.5, 0.6) is 0 Å². The number of rotatable bonds is 4. The first-order valence-electron chi connectivity index (χ1n) is 9.59. The highest BCUT2D eigenvalue weighted by molar-refractivity contribution is 6.31. The fourth-order valence-electron chi connectivity index (χ4n) is 3.89. The highest BCUT2D eigenvalue weighted by Crippen LogP contribution is 2.43. The van der Waals surface area contributed by atoms with Gasteiger partial charge in [0.2, 0.25) is 5.28 Å². The summed E-state index contributed by atoms with van der Waals surface area (Å²) >= 11 is 12.4. The molecule has 5 rings (SSSR count). The molecule has 1 aromatic carbocycles. The van der Waals surface area contributed by atoms with Gasteiger partial charge in [-0.1, -0.05) is 35.0 Å². The number of halogens is 2. The Bertz CT molecular complexity index is 1110. The third kappa shape index (κ3) is 3.40. The molecule has 2 fully saturated rings. The molecule has 30 heavy (non-hydrogen) atoms. The van der Waals surface area contributed by atoms with Gasteiger partial charge in [-0.05, 0) is 44.0 Å². The van der Waals surface area contributed by atoms with Gasteiger partial charge in [-0.15, -0.1) is 5.10 Å². The summed E-state index contributed by atoms with van der Waals surface area (Å²) in [6.07, 6.45) is -1.26. The predicted molar refractivity (Wildman–Crippen MR) is 110 cm³/mol. The normalized spacial score (nSPS) is 27.5. The first kappa shape index (κ1) is 19.9. The SMILES string of the molecule is C[C@H]1O[C@@H](n2nnc3c(NCc4ccccc4Cl)nc(Cl)nc32)[C@@H]2OC(C)(C)O[C@@H]21. The van der Waals surface area contributed by atoms with Crippen LogP contribution in [0.4, 0.5) is 5.82 Å². The fraction of sp³-hybridized carbons (Fsp3) is 0.474. The molecule has 2 aromatic heterocycles. The van der Waals surface area contributed by atoms with Crippen LogP contribution in [0.15, 0.2) is 24.3 Å². The Morgan fingerprint density at radius 2 is 1.90 bits per heavy atom. The number of aromatic nitrogens is 5. The molecule has 1 N–H and O–H groups in total. The Hall–Kier alpha value is -2.04. The maximum atomic E-state index is 6.25. The number of fused-ring (bicyclic) bond motifs is 2. The fourth-order valence-corrected chi connectivity index (χ4v) is 4.26. The molecule has 9 nitrogen and oxygen atoms in total. The standard InChI is InChI=1S/C19H20Cl2N6O3/c1-9-13-14(30-19(2,3)29-13)17(28-9)27-16-12(25-26-27)15(23-18(21)24-16)22-8-10-6-4-5-7-11(10)20/h4-7,9,13-14,17H,8H2,1-3H3,(H,22,23,24)/t9-,13-,14-,17-/m1/s1. The van der Waals surface area contributed by atoms with E-state index < -0.39 is 12.0 Å². The molecule has 11 heteroatoms. The van der Waals surface area contributed by atoms with Crippen LogP contribution in [0.25, 0.3) is 11.2 Å². The van der Waals surface area contributed by atoms with Crippen molar-refractivity contribution in [1.82, 2.24) is 25.0 Å². The van der Waals surface area contributed by atoms with E-state index in [1.54, 1.807) is 4.68 Å². The van der Waals surface area contributed by atoms with Crippen LogP contribution in [0, 0.1) is 0 Å². The molecule has 0 amide bonds. The number of hydrogen-bond acceptors (Lipinski definition) is 8. The van der Waals surface area contributed by atoms with E-state index in [1.165, 1.54) is 0 Å². The quantitative estimate of drug-likeness (QED) is 0.602. The Balaban J connectivity index is 1.48. The van der Waals surface area contributed by atoms with Crippen molar-refractivity contribution in [2.24, 2.45) is 0 Å². The summed E-state index contributed by atoms with van der Waals surface area (Å²) in [7, 11) is 0. The number of anilines is 1. The number of ether oxygens (including phenoxy) is 3. The van der Waals surface area contributed by atoms with E-state index in [0.717, 1.165) is 5.56 Å². The van der Waals surface area contributed by atoms with Crippen LogP contribution in [-0.4, -0.2) is 49.1 Å². The predicted octanol–water partition coefficient (Wildman–Crippen LogP) is 3.58.